The third-order valence-electron chi connectivity index (χ3n) is 19.4. The Morgan fingerprint density at radius 1 is 0.381 bits per heavy atom. The van der Waals surface area contributed by atoms with E-state index in [9.17, 15) is 38.4 Å². The highest BCUT2D eigenvalue weighted by molar-refractivity contribution is 7.19. The summed E-state index contributed by atoms with van der Waals surface area (Å²) in [5.74, 6) is 0.702. The molecule has 4 fully saturated rings. The molecule has 34 heteroatoms. The summed E-state index contributed by atoms with van der Waals surface area (Å²) in [6, 6.07) is 35.4. The van der Waals surface area contributed by atoms with Crippen molar-refractivity contribution in [3.8, 4) is 51.7 Å². The van der Waals surface area contributed by atoms with Crippen LogP contribution < -0.4 is 26.0 Å². The van der Waals surface area contributed by atoms with Gasteiger partial charge in [0, 0.05) is 124 Å². The third-order valence-corrected chi connectivity index (χ3v) is 23.3. The first kappa shape index (κ1) is 80.6. The van der Waals surface area contributed by atoms with E-state index >= 15 is 0 Å². The number of nitrogens with one attached hydrogen (secondary N) is 4. The van der Waals surface area contributed by atoms with E-state index in [1.807, 2.05) is 30.3 Å². The molecule has 0 spiro atoms. The normalized spacial score (nSPS) is 14.7. The van der Waals surface area contributed by atoms with Crippen LogP contribution in [-0.2, 0) is 30.2 Å². The van der Waals surface area contributed by atoms with E-state index < -0.39 is 0 Å². The number of Topliss-reactive ketones (excluding diaryl/α,β-unsaturated/α-hetero) is 4. The Labute approximate surface area is 688 Å². The van der Waals surface area contributed by atoms with Crippen molar-refractivity contribution in [1.29, 1.82) is 0 Å². The monoisotopic (exact) mass is 1670 g/mol. The van der Waals surface area contributed by atoms with Crippen LogP contribution in [0.5, 0.6) is 5.88 Å². The fourth-order valence-corrected chi connectivity index (χ4v) is 17.2. The number of carbonyl (C=O) groups is 8. The number of benzene rings is 1. The largest absolute Gasteiger partial charge is 0.481 e. The van der Waals surface area contributed by atoms with Crippen molar-refractivity contribution in [3.05, 3.63) is 219 Å². The number of hydrogen-bond donors (Lipinski definition) is 4. The molecule has 4 N–H and O–H groups in total. The molecular weight excluding hydrogens is 1590 g/mol. The van der Waals surface area contributed by atoms with E-state index in [1.165, 1.54) is 79.7 Å². The minimum atomic E-state index is -0.370. The molecule has 0 saturated carbocycles. The summed E-state index contributed by atoms with van der Waals surface area (Å²) in [5.41, 5.74) is 4.92. The maximum atomic E-state index is 13.2. The number of rotatable bonds is 22. The first-order valence-electron chi connectivity index (χ1n) is 37.7. The molecule has 30 nitrogen and oxygen atoms in total. The van der Waals surface area contributed by atoms with Gasteiger partial charge in [0.15, 0.2) is 66.7 Å². The number of furan rings is 5. The quantitative estimate of drug-likeness (QED) is 0.0458. The van der Waals surface area contributed by atoms with Gasteiger partial charge in [-0.15, -0.1) is 0 Å². The number of ether oxygens (including phenoxy) is 5. The highest BCUT2D eigenvalue weighted by atomic mass is 32.1. The second-order valence-electron chi connectivity index (χ2n) is 27.2. The second kappa shape index (κ2) is 38.5. The van der Waals surface area contributed by atoms with Crippen molar-refractivity contribution in [2.24, 2.45) is 23.7 Å². The van der Waals surface area contributed by atoms with Crippen LogP contribution in [0, 0.1) is 23.7 Å². The number of amides is 4. The van der Waals surface area contributed by atoms with Gasteiger partial charge in [0.1, 0.15) is 42.3 Å². The molecule has 118 heavy (non-hydrogen) atoms. The highest BCUT2D eigenvalue weighted by Gasteiger charge is 2.35. The van der Waals surface area contributed by atoms with E-state index in [0.717, 1.165) is 39.0 Å². The molecule has 4 aliphatic rings. The average Bonchev–Trinajstić information content (AvgIpc) is 1.68. The first-order valence-corrected chi connectivity index (χ1v) is 41.0. The van der Waals surface area contributed by atoms with Gasteiger partial charge in [0.05, 0.1) is 67.1 Å². The molecule has 1 aromatic carbocycles. The van der Waals surface area contributed by atoms with Crippen molar-refractivity contribution in [3.63, 3.8) is 0 Å². The molecule has 0 bridgehead atoms. The van der Waals surface area contributed by atoms with E-state index in [-0.39, 0.29) is 76.9 Å². The van der Waals surface area contributed by atoms with E-state index in [2.05, 4.69) is 61.1 Å². The summed E-state index contributed by atoms with van der Waals surface area (Å²) in [7, 11) is 1.50. The van der Waals surface area contributed by atoms with Gasteiger partial charge in [-0.2, -0.15) is 0 Å². The molecule has 0 atom stereocenters. The van der Waals surface area contributed by atoms with Gasteiger partial charge < -0.3 is 51.1 Å². The van der Waals surface area contributed by atoms with Crippen LogP contribution in [0.2, 0.25) is 0 Å². The summed E-state index contributed by atoms with van der Waals surface area (Å²) in [4.78, 5) is 139. The Morgan fingerprint density at radius 3 is 1.16 bits per heavy atom. The molecule has 4 aliphatic heterocycles. The summed E-state index contributed by atoms with van der Waals surface area (Å²) in [6.45, 7) is 4.58. The number of fused-ring (bicyclic) bond motifs is 2. The highest BCUT2D eigenvalue weighted by Crippen LogP contribution is 2.41. The van der Waals surface area contributed by atoms with Crippen LogP contribution in [0.3, 0.4) is 0 Å². The fraction of sp³-hybridized carbons (Fsp3) is 0.262. The standard InChI is InChI=1S/C23H19N3O4S.C21H17N3O5S.C20H19N3O5S.C20H19N3O4S/c27-20(14-7-10-29-11-8-14)21-19(18-6-3-9-30-18)25-23(31-21)26-22(28)16-12-15-4-1-2-5-17(15)24-13-16;25-17(12-3-7-27-8-4-12)18-16(15-2-1-6-28-15)23-21(30-18)24-19(26)14-10-13-5-9-29-20(13)22-11-14;1-26-15-5-4-13(11-21-15)19(25)23-20-22-16(14-3-2-8-28-14)18(29-20)17(24)12-6-9-27-10-7-12;24-16(12-14-4-1-2-8-21-14)22-20-23-17(15-5-3-9-27-15)19(28-20)18(25)13-6-10-26-11-7-13/h1-6,9,12-14H,7-8,10-11H2,(H,25,26,28);1-2,5-6,9-12H,3-4,7-8H2,(H,23,24,26);2-5,8,11-12H,6-7,9-10H2,1H3,(H,22,23,25);1-5,8-9,13H,6-7,10-12H2,(H,22,23,24). The van der Waals surface area contributed by atoms with Gasteiger partial charge in [-0.25, -0.2) is 29.9 Å². The lowest BCUT2D eigenvalue weighted by molar-refractivity contribution is -0.115. The zero-order chi connectivity index (χ0) is 81.3. The molecule has 4 saturated heterocycles. The predicted molar refractivity (Wildman–Crippen MR) is 438 cm³/mol. The van der Waals surface area contributed by atoms with Gasteiger partial charge >= 0.3 is 0 Å². The zero-order valence-electron chi connectivity index (χ0n) is 63.1. The van der Waals surface area contributed by atoms with Gasteiger partial charge in [-0.1, -0.05) is 69.6 Å². The van der Waals surface area contributed by atoms with Gasteiger partial charge in [0.2, 0.25) is 17.5 Å². The lowest BCUT2D eigenvalue weighted by Crippen LogP contribution is -2.23. The molecule has 14 aromatic rings. The molecule has 13 aromatic heterocycles. The molecule has 4 amide bonds. The van der Waals surface area contributed by atoms with Crippen molar-refractivity contribution < 1.29 is 84.1 Å². The Kier molecular flexibility index (Phi) is 26.3. The summed E-state index contributed by atoms with van der Waals surface area (Å²) in [6.07, 6.45) is 19.3. The van der Waals surface area contributed by atoms with Crippen LogP contribution in [0.1, 0.15) is 127 Å². The number of methoxy groups -OCH3 is 1. The minimum absolute atomic E-state index is 0.00353. The third kappa shape index (κ3) is 19.8. The van der Waals surface area contributed by atoms with Crippen LogP contribution in [0.15, 0.2) is 200 Å². The molecule has 0 unspecified atom stereocenters. The van der Waals surface area contributed by atoms with E-state index in [0.29, 0.717) is 224 Å². The van der Waals surface area contributed by atoms with E-state index in [1.54, 1.807) is 97.2 Å². The molecule has 0 radical (unpaired) electrons. The first-order chi connectivity index (χ1) is 57.7. The number of para-hydroxylation sites is 1. The molecule has 18 rings (SSSR count). The number of carbonyl (C=O) groups excluding carboxylic acids is 8. The number of hydrogen-bond acceptors (Lipinski definition) is 30. The van der Waals surface area contributed by atoms with Crippen LogP contribution in [0.25, 0.3) is 67.8 Å². The number of thiazole rings is 4. The number of ketones is 4. The van der Waals surface area contributed by atoms with Crippen molar-refractivity contribution in [2.45, 2.75) is 57.8 Å². The summed E-state index contributed by atoms with van der Waals surface area (Å²) < 4.78 is 53.5. The predicted octanol–water partition coefficient (Wildman–Crippen LogP) is 16.5. The number of aromatic nitrogens is 8. The Morgan fingerprint density at radius 2 is 0.771 bits per heavy atom. The number of nitrogens with zero attached hydrogens (tertiary/aromatic N) is 8. The van der Waals surface area contributed by atoms with Crippen LogP contribution in [-0.4, -0.2) is 147 Å². The minimum Gasteiger partial charge on any atom is -0.481 e. The summed E-state index contributed by atoms with van der Waals surface area (Å²) >= 11 is 4.66. The van der Waals surface area contributed by atoms with Gasteiger partial charge in [0.25, 0.3) is 17.7 Å². The van der Waals surface area contributed by atoms with Gasteiger partial charge in [-0.05, 0) is 142 Å². The maximum absolute atomic E-state index is 13.2. The average molecular weight is 1670 g/mol. The SMILES string of the molecule is COc1ccc(C(=O)Nc2nc(-c3ccco3)c(C(=O)C3CCOCC3)s2)cn1.O=C(Cc1ccccn1)Nc1nc(-c2ccco2)c(C(=O)C2CCOCC2)s1.O=C(Nc1nc(-c2ccco2)c(C(=O)C2CCOCC2)s1)c1cnc2ccccc2c1.O=C(Nc1nc(-c2ccco2)c(C(=O)C2CCOCC2)s1)c1cnc2occc2c1. The molecule has 17 heterocycles. The molecular formula is C84H74N12O18S4. The van der Waals surface area contributed by atoms with Crippen molar-refractivity contribution in [1.82, 2.24) is 39.9 Å². The topological polar surface area (TPSA) is 400 Å². The molecule has 602 valence electrons. The Balaban J connectivity index is 0.000000123. The lowest BCUT2D eigenvalue weighted by Gasteiger charge is -2.20. The summed E-state index contributed by atoms with van der Waals surface area (Å²) in [5, 5.41) is 14.1. The second-order valence-corrected chi connectivity index (χ2v) is 31.1. The lowest BCUT2D eigenvalue weighted by atomic mass is 9.94. The van der Waals surface area contributed by atoms with Crippen LogP contribution >= 0.6 is 45.3 Å². The Bertz CT molecular complexity index is 5800. The fourth-order valence-electron chi connectivity index (χ4n) is 13.2. The van der Waals surface area contributed by atoms with Crippen molar-refractivity contribution >= 4 is 135 Å². The smallest absolute Gasteiger partial charge is 0.259 e. The van der Waals surface area contributed by atoms with Crippen LogP contribution in [0.4, 0.5) is 20.5 Å². The maximum Gasteiger partial charge on any atom is 0.259 e. The zero-order valence-corrected chi connectivity index (χ0v) is 66.4. The number of pyridine rings is 4. The van der Waals surface area contributed by atoms with Gasteiger partial charge in [-0.3, -0.25) is 64.3 Å². The molecule has 0 aliphatic carbocycles. The Hall–Kier alpha value is -12.5. The van der Waals surface area contributed by atoms with E-state index in [4.69, 9.17) is 45.8 Å². The number of anilines is 4. The van der Waals surface area contributed by atoms with Crippen molar-refractivity contribution in [2.75, 3.05) is 81.2 Å².